The summed E-state index contributed by atoms with van der Waals surface area (Å²) in [6, 6.07) is 12.0. The van der Waals surface area contributed by atoms with E-state index in [2.05, 4.69) is 43.0 Å². The van der Waals surface area contributed by atoms with Gasteiger partial charge in [-0.05, 0) is 90.9 Å². The molecule has 2 aliphatic heterocycles. The number of aromatic nitrogens is 3. The maximum Gasteiger partial charge on any atom is 0.322 e. The lowest BCUT2D eigenvalue weighted by Gasteiger charge is -2.31. The quantitative estimate of drug-likeness (QED) is 0.238. The largest absolute Gasteiger partial charge is 0.493 e. The summed E-state index contributed by atoms with van der Waals surface area (Å²) < 4.78 is 6.34. The Morgan fingerprint density at radius 2 is 2.00 bits per heavy atom. The molecular weight excluding hydrogens is 546 g/mol. The van der Waals surface area contributed by atoms with E-state index in [0.717, 1.165) is 78.4 Å². The number of aryl methyl sites for hydroxylation is 2. The second kappa shape index (κ2) is 12.1. The second-order valence-electron chi connectivity index (χ2n) is 10.0. The molecule has 40 heavy (non-hydrogen) atoms. The molecule has 2 amide bonds. The number of pyridine rings is 1. The molecule has 2 aliphatic rings. The number of nitrogens with zero attached hydrogens (tertiary/aromatic N) is 4. The van der Waals surface area contributed by atoms with Crippen molar-refractivity contribution >= 4 is 57.1 Å². The molecule has 3 N–H and O–H groups in total. The van der Waals surface area contributed by atoms with Crippen LogP contribution in [0.1, 0.15) is 30.4 Å². The number of rotatable bonds is 5. The highest BCUT2D eigenvalue weighted by molar-refractivity contribution is 7.14. The number of likely N-dealkylation sites (tertiary alicyclic amines) is 1. The summed E-state index contributed by atoms with van der Waals surface area (Å²) in [5, 5.41) is 12.8. The third kappa shape index (κ3) is 6.46. The summed E-state index contributed by atoms with van der Waals surface area (Å²) in [5.41, 5.74) is 3.92. The summed E-state index contributed by atoms with van der Waals surface area (Å²) in [5.74, 6) is 2.38. The number of urea groups is 1. The van der Waals surface area contributed by atoms with Gasteiger partial charge in [0.2, 0.25) is 5.95 Å². The van der Waals surface area contributed by atoms with Gasteiger partial charge in [-0.25, -0.2) is 9.78 Å². The predicted molar refractivity (Wildman–Crippen MR) is 159 cm³/mol. The van der Waals surface area contributed by atoms with E-state index in [1.165, 1.54) is 11.3 Å². The normalized spacial score (nSPS) is 15.1. The maximum atomic E-state index is 12.5. The molecule has 0 unspecified atom stereocenters. The van der Waals surface area contributed by atoms with Gasteiger partial charge in [-0.15, -0.1) is 11.3 Å². The molecule has 4 aromatic rings. The Bertz CT molecular complexity index is 1480. The van der Waals surface area contributed by atoms with Gasteiger partial charge in [0, 0.05) is 25.0 Å². The fraction of sp³-hybridized carbons (Fsp3) is 0.310. The van der Waals surface area contributed by atoms with Gasteiger partial charge >= 0.3 is 6.03 Å². The number of carbonyl (C=O) groups excluding carboxylic acids is 1. The van der Waals surface area contributed by atoms with E-state index in [-0.39, 0.29) is 6.03 Å². The summed E-state index contributed by atoms with van der Waals surface area (Å²) in [6.07, 6.45) is 9.74. The minimum atomic E-state index is -0.0122. The first-order valence-electron chi connectivity index (χ1n) is 13.4. The van der Waals surface area contributed by atoms with Gasteiger partial charge in [-0.2, -0.15) is 4.98 Å². The number of nitrogens with one attached hydrogen (secondary N) is 3. The molecule has 9 nitrogen and oxygen atoms in total. The Morgan fingerprint density at radius 3 is 2.85 bits per heavy atom. The van der Waals surface area contributed by atoms with E-state index in [1.54, 1.807) is 12.4 Å². The minimum absolute atomic E-state index is 0.0122. The Kier molecular flexibility index (Phi) is 7.97. The van der Waals surface area contributed by atoms with Gasteiger partial charge in [0.05, 0.1) is 29.7 Å². The van der Waals surface area contributed by atoms with Crippen LogP contribution in [0.3, 0.4) is 0 Å². The van der Waals surface area contributed by atoms with Gasteiger partial charge in [0.25, 0.3) is 0 Å². The van der Waals surface area contributed by atoms with Crippen molar-refractivity contribution < 1.29 is 9.53 Å². The number of anilines is 5. The third-order valence-electron chi connectivity index (χ3n) is 7.24. The lowest BCUT2D eigenvalue weighted by atomic mass is 9.94. The first-order valence-corrected chi connectivity index (χ1v) is 14.7. The highest BCUT2D eigenvalue weighted by Gasteiger charge is 2.23. The van der Waals surface area contributed by atoms with Crippen molar-refractivity contribution in [3.8, 4) is 5.75 Å². The summed E-state index contributed by atoms with van der Waals surface area (Å²) in [7, 11) is 0. The van der Waals surface area contributed by atoms with E-state index in [1.807, 2.05) is 40.7 Å². The number of piperidine rings is 1. The number of hydrogen-bond acceptors (Lipinski definition) is 8. The maximum absolute atomic E-state index is 12.5. The molecule has 1 saturated heterocycles. The highest BCUT2D eigenvalue weighted by Crippen LogP contribution is 2.31. The topological polar surface area (TPSA) is 104 Å². The molecule has 6 bridgehead atoms. The van der Waals surface area contributed by atoms with E-state index >= 15 is 0 Å². The van der Waals surface area contributed by atoms with E-state index in [0.29, 0.717) is 29.3 Å². The lowest BCUT2D eigenvalue weighted by molar-refractivity contribution is 0.170. The SMILES string of the molecule is O=C(Nc1cccs1)N1CCC(CCOc2ccc3cc2CCc2cncc(c2)Nc2ncc(Cl)c(n2)N3)CC1. The van der Waals surface area contributed by atoms with Crippen LogP contribution in [-0.4, -0.2) is 45.6 Å². The zero-order valence-electron chi connectivity index (χ0n) is 21.9. The number of thiophene rings is 1. The Hall–Kier alpha value is -3.89. The number of carbonyl (C=O) groups is 1. The number of halogens is 1. The smallest absolute Gasteiger partial charge is 0.322 e. The molecule has 11 heteroatoms. The average Bonchev–Trinajstić information content (AvgIpc) is 3.48. The van der Waals surface area contributed by atoms with Gasteiger partial charge in [-0.3, -0.25) is 10.3 Å². The standard InChI is InChI=1S/C29H30ClN7O2S/c30-24-18-32-28-34-23-14-20(16-31-17-23)3-4-21-15-22(33-27(24)36-28)5-6-25(21)39-12-9-19-7-10-37(11-8-19)29(38)35-26-2-1-13-40-26/h1-2,5-6,13-19H,3-4,7-12H2,(H,35,38)(H2,32,33,34,36). The Balaban J connectivity index is 1.09. The third-order valence-corrected chi connectivity index (χ3v) is 8.30. The van der Waals surface area contributed by atoms with Crippen LogP contribution >= 0.6 is 22.9 Å². The second-order valence-corrected chi connectivity index (χ2v) is 11.4. The molecule has 0 radical (unpaired) electrons. The van der Waals surface area contributed by atoms with Crippen LogP contribution in [0.4, 0.5) is 32.9 Å². The van der Waals surface area contributed by atoms with Crippen LogP contribution < -0.4 is 20.7 Å². The molecule has 0 saturated carbocycles. The van der Waals surface area contributed by atoms with E-state index in [4.69, 9.17) is 16.3 Å². The molecule has 1 aromatic carbocycles. The van der Waals surface area contributed by atoms with Crippen molar-refractivity contribution in [1.29, 1.82) is 0 Å². The van der Waals surface area contributed by atoms with Gasteiger partial charge in [-0.1, -0.05) is 11.6 Å². The van der Waals surface area contributed by atoms with Crippen LogP contribution in [0, 0.1) is 5.92 Å². The number of benzene rings is 1. The molecule has 0 atom stereocenters. The molecule has 6 rings (SSSR count). The van der Waals surface area contributed by atoms with Gasteiger partial charge < -0.3 is 20.3 Å². The molecule has 0 spiro atoms. The van der Waals surface area contributed by atoms with Crippen molar-refractivity contribution in [2.24, 2.45) is 5.92 Å². The van der Waals surface area contributed by atoms with Crippen molar-refractivity contribution in [3.63, 3.8) is 0 Å². The molecule has 206 valence electrons. The average molecular weight is 576 g/mol. The first kappa shape index (κ1) is 26.3. The fourth-order valence-electron chi connectivity index (χ4n) is 5.04. The van der Waals surface area contributed by atoms with Gasteiger partial charge in [0.1, 0.15) is 10.8 Å². The number of ether oxygens (including phenoxy) is 1. The van der Waals surface area contributed by atoms with Crippen molar-refractivity contribution in [2.45, 2.75) is 32.1 Å². The molecule has 1 fully saturated rings. The summed E-state index contributed by atoms with van der Waals surface area (Å²) in [4.78, 5) is 27.7. The summed E-state index contributed by atoms with van der Waals surface area (Å²) in [6.45, 7) is 2.17. The Morgan fingerprint density at radius 1 is 1.10 bits per heavy atom. The summed E-state index contributed by atoms with van der Waals surface area (Å²) >= 11 is 7.92. The van der Waals surface area contributed by atoms with Crippen LogP contribution in [0.25, 0.3) is 0 Å². The monoisotopic (exact) mass is 575 g/mol. The van der Waals surface area contributed by atoms with E-state index < -0.39 is 0 Å². The zero-order chi connectivity index (χ0) is 27.3. The molecule has 3 aromatic heterocycles. The number of fused-ring (bicyclic) bond motifs is 6. The molecule has 5 heterocycles. The van der Waals surface area contributed by atoms with Crippen LogP contribution in [0.2, 0.25) is 5.02 Å². The van der Waals surface area contributed by atoms with Crippen molar-refractivity contribution in [3.05, 3.63) is 76.5 Å². The molecule has 0 aliphatic carbocycles. The van der Waals surface area contributed by atoms with Crippen LogP contribution in [0.15, 0.2) is 60.4 Å². The number of amides is 2. The fourth-order valence-corrected chi connectivity index (χ4v) is 5.79. The number of hydrogen-bond donors (Lipinski definition) is 3. The van der Waals surface area contributed by atoms with Crippen LogP contribution in [0.5, 0.6) is 5.75 Å². The minimum Gasteiger partial charge on any atom is -0.493 e. The van der Waals surface area contributed by atoms with Crippen molar-refractivity contribution in [2.75, 3.05) is 35.6 Å². The van der Waals surface area contributed by atoms with Gasteiger partial charge in [0.15, 0.2) is 5.82 Å². The zero-order valence-corrected chi connectivity index (χ0v) is 23.5. The van der Waals surface area contributed by atoms with Crippen LogP contribution in [-0.2, 0) is 12.8 Å². The van der Waals surface area contributed by atoms with Crippen molar-refractivity contribution in [1.82, 2.24) is 19.9 Å². The Labute approximate surface area is 242 Å². The predicted octanol–water partition coefficient (Wildman–Crippen LogP) is 6.89. The van der Waals surface area contributed by atoms with E-state index in [9.17, 15) is 4.79 Å². The molecular formula is C29H30ClN7O2S. The lowest BCUT2D eigenvalue weighted by Crippen LogP contribution is -2.41. The first-order chi connectivity index (χ1) is 19.6. The highest BCUT2D eigenvalue weighted by atomic mass is 35.5.